The van der Waals surface area contributed by atoms with E-state index in [9.17, 15) is 4.79 Å². The van der Waals surface area contributed by atoms with Gasteiger partial charge in [0.2, 0.25) is 5.60 Å². The van der Waals surface area contributed by atoms with Gasteiger partial charge in [0, 0.05) is 12.0 Å². The second kappa shape index (κ2) is 4.63. The van der Waals surface area contributed by atoms with Gasteiger partial charge in [-0.15, -0.1) is 0 Å². The summed E-state index contributed by atoms with van der Waals surface area (Å²) >= 11 is 0. The fourth-order valence-electron chi connectivity index (χ4n) is 2.39. The molecule has 1 heterocycles. The predicted octanol–water partition coefficient (Wildman–Crippen LogP) is 2.90. The van der Waals surface area contributed by atoms with Crippen LogP contribution in [-0.4, -0.2) is 24.4 Å². The van der Waals surface area contributed by atoms with Crippen LogP contribution in [0.2, 0.25) is 0 Å². The van der Waals surface area contributed by atoms with Crippen molar-refractivity contribution >= 4 is 22.5 Å². The Bertz CT molecular complexity index is 708. The van der Waals surface area contributed by atoms with E-state index in [2.05, 4.69) is 23.4 Å². The van der Waals surface area contributed by atoms with Gasteiger partial charge in [-0.1, -0.05) is 41.6 Å². The van der Waals surface area contributed by atoms with Gasteiger partial charge in [0.25, 0.3) is 0 Å². The van der Waals surface area contributed by atoms with Crippen LogP contribution in [0.15, 0.2) is 47.6 Å². The van der Waals surface area contributed by atoms with Gasteiger partial charge in [0.1, 0.15) is 0 Å². The van der Waals surface area contributed by atoms with Crippen molar-refractivity contribution in [2.75, 3.05) is 7.11 Å². The highest BCUT2D eigenvalue weighted by atomic mass is 16.7. The summed E-state index contributed by atoms with van der Waals surface area (Å²) in [6.07, 6.45) is 0.415. The van der Waals surface area contributed by atoms with Gasteiger partial charge >= 0.3 is 5.97 Å². The minimum absolute atomic E-state index is 0.406. The number of carbonyl (C=O) groups is 1. The first-order valence-corrected chi connectivity index (χ1v) is 6.45. The average Bonchev–Trinajstić information content (AvgIpc) is 2.89. The third kappa shape index (κ3) is 2.03. The molecule has 2 aromatic carbocycles. The molecule has 0 spiro atoms. The topological polar surface area (TPSA) is 47.9 Å². The van der Waals surface area contributed by atoms with Crippen LogP contribution in [0.4, 0.5) is 0 Å². The summed E-state index contributed by atoms with van der Waals surface area (Å²) in [5, 5.41) is 6.36. The molecule has 0 bridgehead atoms. The number of hydrogen-bond acceptors (Lipinski definition) is 4. The molecule has 0 saturated heterocycles. The van der Waals surface area contributed by atoms with E-state index in [4.69, 9.17) is 9.57 Å². The zero-order valence-electron chi connectivity index (χ0n) is 11.4. The van der Waals surface area contributed by atoms with Gasteiger partial charge in [-0.2, -0.15) is 0 Å². The van der Waals surface area contributed by atoms with Crippen LogP contribution in [0.1, 0.15) is 18.9 Å². The van der Waals surface area contributed by atoms with Crippen LogP contribution in [-0.2, 0) is 14.4 Å². The Balaban J connectivity index is 1.91. The number of rotatable bonds is 2. The molecule has 2 aromatic rings. The molecule has 4 nitrogen and oxygen atoms in total. The summed E-state index contributed by atoms with van der Waals surface area (Å²) in [6, 6.07) is 14.2. The van der Waals surface area contributed by atoms with Crippen molar-refractivity contribution in [3.8, 4) is 0 Å². The summed E-state index contributed by atoms with van der Waals surface area (Å²) in [5.74, 6) is -0.406. The quantitative estimate of drug-likeness (QED) is 0.788. The van der Waals surface area contributed by atoms with Crippen LogP contribution in [0.3, 0.4) is 0 Å². The molecule has 1 aliphatic heterocycles. The lowest BCUT2D eigenvalue weighted by molar-refractivity contribution is -0.164. The number of benzene rings is 2. The Hall–Kier alpha value is -2.36. The maximum absolute atomic E-state index is 11.7. The van der Waals surface area contributed by atoms with Gasteiger partial charge in [-0.25, -0.2) is 4.79 Å². The van der Waals surface area contributed by atoms with Crippen molar-refractivity contribution in [1.29, 1.82) is 0 Å². The first-order valence-electron chi connectivity index (χ1n) is 6.45. The molecule has 1 atom stereocenters. The van der Waals surface area contributed by atoms with E-state index in [1.54, 1.807) is 6.92 Å². The molecule has 0 saturated carbocycles. The molecule has 1 aliphatic rings. The van der Waals surface area contributed by atoms with Crippen LogP contribution in [0, 0.1) is 0 Å². The standard InChI is InChI=1S/C16H15NO3/c1-16(15(18)19-2)10-14(17-20-16)13-8-7-11-5-3-4-6-12(11)9-13/h3-9H,10H2,1-2H3. The number of fused-ring (bicyclic) bond motifs is 1. The molecule has 0 fully saturated rings. The third-order valence-corrected chi connectivity index (χ3v) is 3.56. The Kier molecular flexibility index (Phi) is 2.93. The molecular weight excluding hydrogens is 254 g/mol. The van der Waals surface area contributed by atoms with E-state index in [1.165, 1.54) is 12.5 Å². The van der Waals surface area contributed by atoms with E-state index < -0.39 is 11.6 Å². The molecule has 0 amide bonds. The number of carbonyl (C=O) groups excluding carboxylic acids is 1. The number of hydrogen-bond donors (Lipinski definition) is 0. The molecule has 20 heavy (non-hydrogen) atoms. The number of methoxy groups -OCH3 is 1. The first kappa shape index (κ1) is 12.7. The zero-order valence-corrected chi connectivity index (χ0v) is 11.4. The van der Waals surface area contributed by atoms with E-state index >= 15 is 0 Å². The first-order chi connectivity index (χ1) is 9.62. The van der Waals surface area contributed by atoms with Crippen LogP contribution >= 0.6 is 0 Å². The Labute approximate surface area is 117 Å². The second-order valence-corrected chi connectivity index (χ2v) is 5.09. The van der Waals surface area contributed by atoms with Crippen LogP contribution < -0.4 is 0 Å². The number of oxime groups is 1. The highest BCUT2D eigenvalue weighted by Crippen LogP contribution is 2.28. The SMILES string of the molecule is COC(=O)C1(C)CC(c2ccc3ccccc3c2)=NO1. The third-order valence-electron chi connectivity index (χ3n) is 3.56. The van der Waals surface area contributed by atoms with Gasteiger partial charge in [0.05, 0.1) is 12.8 Å². The lowest BCUT2D eigenvalue weighted by atomic mass is 9.95. The summed E-state index contributed by atoms with van der Waals surface area (Å²) in [5.41, 5.74) is 0.718. The minimum atomic E-state index is -1.02. The number of nitrogens with zero attached hydrogens (tertiary/aromatic N) is 1. The largest absolute Gasteiger partial charge is 0.466 e. The van der Waals surface area contributed by atoms with Gasteiger partial charge in [-0.3, -0.25) is 0 Å². The van der Waals surface area contributed by atoms with Crippen molar-refractivity contribution in [2.45, 2.75) is 18.9 Å². The predicted molar refractivity (Wildman–Crippen MR) is 76.6 cm³/mol. The van der Waals surface area contributed by atoms with Crippen molar-refractivity contribution in [2.24, 2.45) is 5.16 Å². The van der Waals surface area contributed by atoms with E-state index in [0.717, 1.165) is 16.7 Å². The van der Waals surface area contributed by atoms with Crippen molar-refractivity contribution in [3.63, 3.8) is 0 Å². The Morgan fingerprint density at radius 2 is 2.00 bits per heavy atom. The molecular formula is C16H15NO3. The van der Waals surface area contributed by atoms with E-state index in [-0.39, 0.29) is 0 Å². The van der Waals surface area contributed by atoms with E-state index in [0.29, 0.717) is 6.42 Å². The normalized spacial score (nSPS) is 21.4. The highest BCUT2D eigenvalue weighted by Gasteiger charge is 2.43. The van der Waals surface area contributed by atoms with Crippen LogP contribution in [0.5, 0.6) is 0 Å². The number of ether oxygens (including phenoxy) is 1. The smallest absolute Gasteiger partial charge is 0.353 e. The molecule has 1 unspecified atom stereocenters. The average molecular weight is 269 g/mol. The Morgan fingerprint density at radius 1 is 1.25 bits per heavy atom. The molecule has 102 valence electrons. The molecule has 4 heteroatoms. The monoisotopic (exact) mass is 269 g/mol. The number of esters is 1. The molecule has 0 aromatic heterocycles. The summed E-state index contributed by atoms with van der Waals surface area (Å²) in [7, 11) is 1.35. The molecule has 0 radical (unpaired) electrons. The second-order valence-electron chi connectivity index (χ2n) is 5.09. The molecule has 0 N–H and O–H groups in total. The van der Waals surface area contributed by atoms with Crippen molar-refractivity contribution < 1.29 is 14.4 Å². The van der Waals surface area contributed by atoms with Crippen molar-refractivity contribution in [1.82, 2.24) is 0 Å². The minimum Gasteiger partial charge on any atom is -0.466 e. The zero-order chi connectivity index (χ0) is 14.2. The highest BCUT2D eigenvalue weighted by molar-refractivity contribution is 6.06. The fraction of sp³-hybridized carbons (Fsp3) is 0.250. The fourth-order valence-corrected chi connectivity index (χ4v) is 2.39. The summed E-state index contributed by atoms with van der Waals surface area (Å²) < 4.78 is 4.75. The lowest BCUT2D eigenvalue weighted by Gasteiger charge is -2.17. The van der Waals surface area contributed by atoms with Gasteiger partial charge in [0.15, 0.2) is 0 Å². The lowest BCUT2D eigenvalue weighted by Crippen LogP contribution is -2.36. The summed E-state index contributed by atoms with van der Waals surface area (Å²) in [4.78, 5) is 17.0. The van der Waals surface area contributed by atoms with Crippen molar-refractivity contribution in [3.05, 3.63) is 48.0 Å². The summed E-state index contributed by atoms with van der Waals surface area (Å²) in [6.45, 7) is 1.69. The Morgan fingerprint density at radius 3 is 2.75 bits per heavy atom. The van der Waals surface area contributed by atoms with Gasteiger partial charge < -0.3 is 9.57 Å². The maximum atomic E-state index is 11.7. The molecule has 0 aliphatic carbocycles. The van der Waals surface area contributed by atoms with Gasteiger partial charge in [-0.05, 0) is 23.8 Å². The van der Waals surface area contributed by atoms with E-state index in [1.807, 2.05) is 24.3 Å². The van der Waals surface area contributed by atoms with Crippen LogP contribution in [0.25, 0.3) is 10.8 Å². The maximum Gasteiger partial charge on any atom is 0.353 e. The molecule has 3 rings (SSSR count).